The van der Waals surface area contributed by atoms with E-state index in [1.54, 1.807) is 0 Å². The summed E-state index contributed by atoms with van der Waals surface area (Å²) in [7, 11) is 0. The van der Waals surface area contributed by atoms with Crippen molar-refractivity contribution in [2.75, 3.05) is 5.75 Å². The van der Waals surface area contributed by atoms with E-state index in [1.807, 2.05) is 89.8 Å². The van der Waals surface area contributed by atoms with Gasteiger partial charge in [-0.3, -0.25) is 14.5 Å². The summed E-state index contributed by atoms with van der Waals surface area (Å²) in [5, 5.41) is 3.57. The van der Waals surface area contributed by atoms with Crippen molar-refractivity contribution in [3.63, 3.8) is 0 Å². The number of carbonyl (C=O) groups excluding carboxylic acids is 2. The zero-order valence-electron chi connectivity index (χ0n) is 17.8. The van der Waals surface area contributed by atoms with E-state index >= 15 is 0 Å². The Morgan fingerprint density at radius 1 is 0.879 bits per heavy atom. The minimum absolute atomic E-state index is 0.0889. The number of carbonyl (C=O) groups is 2. The van der Waals surface area contributed by atoms with Gasteiger partial charge >= 0.3 is 0 Å². The van der Waals surface area contributed by atoms with Crippen molar-refractivity contribution in [2.45, 2.75) is 19.0 Å². The molecule has 0 spiro atoms. The molecule has 33 heavy (non-hydrogen) atoms. The molecule has 0 fully saturated rings. The molecule has 1 atom stereocenters. The van der Waals surface area contributed by atoms with Crippen molar-refractivity contribution in [3.05, 3.63) is 102 Å². The van der Waals surface area contributed by atoms with Gasteiger partial charge in [0.1, 0.15) is 11.9 Å². The summed E-state index contributed by atoms with van der Waals surface area (Å²) in [5.41, 5.74) is 3.69. The number of amidine groups is 2. The molecule has 6 nitrogen and oxygen atoms in total. The number of benzene rings is 3. The van der Waals surface area contributed by atoms with Crippen molar-refractivity contribution >= 4 is 40.3 Å². The number of para-hydroxylation sites is 1. The Morgan fingerprint density at radius 3 is 2.30 bits per heavy atom. The molecule has 2 amide bonds. The van der Waals surface area contributed by atoms with Crippen LogP contribution in [0.15, 0.2) is 94.9 Å². The van der Waals surface area contributed by atoms with Crippen LogP contribution in [0.4, 0.5) is 5.69 Å². The highest BCUT2D eigenvalue weighted by molar-refractivity contribution is 8.14. The maximum Gasteiger partial charge on any atom is 0.271 e. The lowest BCUT2D eigenvalue weighted by Crippen LogP contribution is -2.45. The molecule has 2 heterocycles. The standard InChI is InChI=1S/C26H22N4O2S/c31-23(27-16-19-11-5-2-6-12-19)17-33-26-28-21-14-8-7-13-20(21)24-29-25(32)22(30(24)26)15-18-9-3-1-4-10-18/h1-14,22H,15-17H2,(H,27,31). The van der Waals surface area contributed by atoms with Gasteiger partial charge in [0.15, 0.2) is 5.17 Å². The molecule has 164 valence electrons. The molecule has 3 aromatic carbocycles. The summed E-state index contributed by atoms with van der Waals surface area (Å²) in [6.45, 7) is 0.473. The number of hydrogen-bond donors (Lipinski definition) is 1. The van der Waals surface area contributed by atoms with Gasteiger partial charge in [0, 0.05) is 18.5 Å². The lowest BCUT2D eigenvalue weighted by molar-refractivity contribution is -0.120. The summed E-state index contributed by atoms with van der Waals surface area (Å²) >= 11 is 1.33. The molecule has 0 bridgehead atoms. The third-order valence-electron chi connectivity index (χ3n) is 5.54. The van der Waals surface area contributed by atoms with Gasteiger partial charge in [0.05, 0.1) is 11.4 Å². The Bertz CT molecular complexity index is 1240. The van der Waals surface area contributed by atoms with Crippen LogP contribution in [0.3, 0.4) is 0 Å². The molecule has 0 saturated heterocycles. The van der Waals surface area contributed by atoms with Gasteiger partial charge in [-0.15, -0.1) is 0 Å². The maximum absolute atomic E-state index is 12.9. The molecule has 5 rings (SSSR count). The molecule has 7 heteroatoms. The van der Waals surface area contributed by atoms with Gasteiger partial charge in [-0.1, -0.05) is 84.6 Å². The van der Waals surface area contributed by atoms with E-state index in [0.29, 0.717) is 24.0 Å². The van der Waals surface area contributed by atoms with Crippen molar-refractivity contribution < 1.29 is 9.59 Å². The van der Waals surface area contributed by atoms with E-state index in [1.165, 1.54) is 11.8 Å². The second-order valence-corrected chi connectivity index (χ2v) is 8.75. The number of thioether (sulfide) groups is 1. The normalized spacial score (nSPS) is 16.5. The highest BCUT2D eigenvalue weighted by atomic mass is 32.2. The molecule has 1 unspecified atom stereocenters. The van der Waals surface area contributed by atoms with Crippen LogP contribution in [0.25, 0.3) is 0 Å². The Hall–Kier alpha value is -3.71. The average Bonchev–Trinajstić information content (AvgIpc) is 3.18. The highest BCUT2D eigenvalue weighted by Crippen LogP contribution is 2.34. The van der Waals surface area contributed by atoms with Gasteiger partial charge < -0.3 is 5.32 Å². The lowest BCUT2D eigenvalue weighted by Gasteiger charge is -2.31. The first-order chi connectivity index (χ1) is 16.2. The quantitative estimate of drug-likeness (QED) is 0.612. The van der Waals surface area contributed by atoms with E-state index < -0.39 is 6.04 Å². The first kappa shape index (κ1) is 21.2. The van der Waals surface area contributed by atoms with E-state index in [-0.39, 0.29) is 17.6 Å². The van der Waals surface area contributed by atoms with Crippen molar-refractivity contribution in [2.24, 2.45) is 9.98 Å². The van der Waals surface area contributed by atoms with Gasteiger partial charge in [-0.2, -0.15) is 4.99 Å². The molecule has 0 saturated carbocycles. The number of amides is 2. The summed E-state index contributed by atoms with van der Waals surface area (Å²) < 4.78 is 0. The van der Waals surface area contributed by atoms with Crippen LogP contribution in [0.2, 0.25) is 0 Å². The topological polar surface area (TPSA) is 74.1 Å². The van der Waals surface area contributed by atoms with Gasteiger partial charge in [-0.05, 0) is 23.3 Å². The minimum Gasteiger partial charge on any atom is -0.351 e. The van der Waals surface area contributed by atoms with E-state index in [4.69, 9.17) is 4.99 Å². The molecule has 2 aliphatic heterocycles. The number of hydrogen-bond acceptors (Lipinski definition) is 5. The van der Waals surface area contributed by atoms with Crippen LogP contribution in [0, 0.1) is 0 Å². The van der Waals surface area contributed by atoms with Gasteiger partial charge in [0.25, 0.3) is 5.91 Å². The van der Waals surface area contributed by atoms with Crippen LogP contribution in [0.5, 0.6) is 0 Å². The second kappa shape index (κ2) is 9.42. The second-order valence-electron chi connectivity index (χ2n) is 7.81. The molecule has 0 aliphatic carbocycles. The van der Waals surface area contributed by atoms with Crippen LogP contribution < -0.4 is 5.32 Å². The number of rotatable bonds is 6. The highest BCUT2D eigenvalue weighted by Gasteiger charge is 2.41. The van der Waals surface area contributed by atoms with E-state index in [9.17, 15) is 9.59 Å². The monoisotopic (exact) mass is 454 g/mol. The maximum atomic E-state index is 12.9. The molecular formula is C26H22N4O2S. The third-order valence-corrected chi connectivity index (χ3v) is 6.50. The van der Waals surface area contributed by atoms with Crippen molar-refractivity contribution in [1.82, 2.24) is 10.2 Å². The smallest absolute Gasteiger partial charge is 0.271 e. The zero-order chi connectivity index (χ0) is 22.6. The number of aliphatic imine (C=N–C) groups is 2. The van der Waals surface area contributed by atoms with Crippen LogP contribution in [-0.4, -0.2) is 39.5 Å². The first-order valence-electron chi connectivity index (χ1n) is 10.8. The number of nitrogens with one attached hydrogen (secondary N) is 1. The summed E-state index contributed by atoms with van der Waals surface area (Å²) in [6, 6.07) is 26.9. The molecule has 2 aliphatic rings. The number of nitrogens with zero attached hydrogens (tertiary/aromatic N) is 3. The SMILES string of the molecule is O=C(CSC1=Nc2ccccc2C2=NC(=O)C(Cc3ccccc3)N12)NCc1ccccc1. The molecule has 0 aromatic heterocycles. The summed E-state index contributed by atoms with van der Waals surface area (Å²) in [6.07, 6.45) is 0.522. The molecule has 0 radical (unpaired) electrons. The fourth-order valence-electron chi connectivity index (χ4n) is 3.92. The Balaban J connectivity index is 1.35. The molecule has 1 N–H and O–H groups in total. The van der Waals surface area contributed by atoms with Gasteiger partial charge in [-0.25, -0.2) is 4.99 Å². The Labute approximate surface area is 196 Å². The van der Waals surface area contributed by atoms with Crippen molar-refractivity contribution in [1.29, 1.82) is 0 Å². The van der Waals surface area contributed by atoms with Crippen LogP contribution >= 0.6 is 11.8 Å². The van der Waals surface area contributed by atoms with Crippen molar-refractivity contribution in [3.8, 4) is 0 Å². The lowest BCUT2D eigenvalue weighted by atomic mass is 10.0. The fraction of sp³-hybridized carbons (Fsp3) is 0.154. The van der Waals surface area contributed by atoms with Crippen LogP contribution in [-0.2, 0) is 22.6 Å². The predicted octanol–water partition coefficient (Wildman–Crippen LogP) is 3.94. The predicted molar refractivity (Wildman–Crippen MR) is 132 cm³/mol. The third kappa shape index (κ3) is 4.59. The first-order valence-corrected chi connectivity index (χ1v) is 11.7. The average molecular weight is 455 g/mol. The zero-order valence-corrected chi connectivity index (χ0v) is 18.7. The van der Waals surface area contributed by atoms with E-state index in [0.717, 1.165) is 22.4 Å². The molecular weight excluding hydrogens is 432 g/mol. The summed E-state index contributed by atoms with van der Waals surface area (Å²) in [4.78, 5) is 36.5. The summed E-state index contributed by atoms with van der Waals surface area (Å²) in [5.74, 6) is 0.532. The van der Waals surface area contributed by atoms with Crippen LogP contribution in [0.1, 0.15) is 16.7 Å². The largest absolute Gasteiger partial charge is 0.351 e. The Morgan fingerprint density at radius 2 is 1.55 bits per heavy atom. The molecule has 3 aromatic rings. The fourth-order valence-corrected chi connectivity index (χ4v) is 4.80. The van der Waals surface area contributed by atoms with Gasteiger partial charge in [0.2, 0.25) is 5.91 Å². The minimum atomic E-state index is -0.477. The Kier molecular flexibility index (Phi) is 6.04. The number of fused-ring (bicyclic) bond motifs is 3. The van der Waals surface area contributed by atoms with E-state index in [2.05, 4.69) is 10.3 Å².